The molecule has 1 aromatic heterocycles. The van der Waals surface area contributed by atoms with E-state index in [0.717, 1.165) is 11.3 Å². The molecule has 31 heavy (non-hydrogen) atoms. The monoisotopic (exact) mass is 416 g/mol. The number of fused-ring (bicyclic) bond motifs is 2. The molecule has 0 saturated heterocycles. The Balaban J connectivity index is 1.62. The normalized spacial score (nSPS) is 22.1. The Morgan fingerprint density at radius 1 is 1.10 bits per heavy atom. The van der Waals surface area contributed by atoms with Gasteiger partial charge in [-0.2, -0.15) is 10.1 Å². The van der Waals surface area contributed by atoms with Crippen molar-refractivity contribution in [2.24, 2.45) is 5.92 Å². The lowest BCUT2D eigenvalue weighted by Gasteiger charge is -2.38. The number of hydrogen-bond donors (Lipinski definition) is 1. The van der Waals surface area contributed by atoms with Gasteiger partial charge in [0.05, 0.1) is 26.2 Å². The molecule has 0 radical (unpaired) electrons. The Hall–Kier alpha value is -3.61. The summed E-state index contributed by atoms with van der Waals surface area (Å²) in [5.41, 5.74) is 4.17. The van der Waals surface area contributed by atoms with E-state index >= 15 is 0 Å². The van der Waals surface area contributed by atoms with Crippen LogP contribution < -0.4 is 14.8 Å². The first-order valence-electron chi connectivity index (χ1n) is 10.3. The Labute approximate surface area is 180 Å². The van der Waals surface area contributed by atoms with Crippen molar-refractivity contribution >= 4 is 11.7 Å². The Morgan fingerprint density at radius 2 is 1.90 bits per heavy atom. The van der Waals surface area contributed by atoms with Crippen molar-refractivity contribution in [3.8, 4) is 11.5 Å². The first-order chi connectivity index (χ1) is 15.1. The highest BCUT2D eigenvalue weighted by molar-refractivity contribution is 5.88. The van der Waals surface area contributed by atoms with Gasteiger partial charge in [-0.15, -0.1) is 0 Å². The molecule has 3 aromatic rings. The minimum atomic E-state index is -0.368. The molecule has 2 aliphatic rings. The van der Waals surface area contributed by atoms with Crippen molar-refractivity contribution in [2.45, 2.75) is 25.3 Å². The summed E-state index contributed by atoms with van der Waals surface area (Å²) in [6.07, 6.45) is 4.14. The van der Waals surface area contributed by atoms with E-state index < -0.39 is 0 Å². The Morgan fingerprint density at radius 3 is 2.68 bits per heavy atom. The summed E-state index contributed by atoms with van der Waals surface area (Å²) in [5.74, 6) is 1.73. The predicted molar refractivity (Wildman–Crippen MR) is 116 cm³/mol. The lowest BCUT2D eigenvalue weighted by Crippen LogP contribution is -2.40. The SMILES string of the molecule is COc1ccc([C@@H]2[C@H]3C(=O)C[C@H](c4ccccc4C)C=C3Nc3ncnn32)cc1OC. The second kappa shape index (κ2) is 7.58. The zero-order chi connectivity index (χ0) is 21.5. The standard InChI is InChI=1S/C24H24N4O3/c1-14-6-4-5-7-17(14)16-10-18-22(19(29)11-16)23(28-24(27-18)25-13-26-28)15-8-9-20(30-2)21(12-15)31-3/h4-10,12-13,16,22-23H,11H2,1-3H3,(H,25,26,27)/t16-,22-,23-/m1/s1. The van der Waals surface area contributed by atoms with Crippen LogP contribution in [0.15, 0.2) is 60.6 Å². The van der Waals surface area contributed by atoms with Gasteiger partial charge in [-0.25, -0.2) is 4.68 Å². The number of benzene rings is 2. The van der Waals surface area contributed by atoms with Crippen molar-refractivity contribution in [3.63, 3.8) is 0 Å². The maximum absolute atomic E-state index is 13.5. The van der Waals surface area contributed by atoms with Crippen LogP contribution >= 0.6 is 0 Å². The molecule has 7 nitrogen and oxygen atoms in total. The molecule has 0 saturated carbocycles. The highest BCUT2D eigenvalue weighted by Crippen LogP contribution is 2.45. The van der Waals surface area contributed by atoms with E-state index in [1.807, 2.05) is 30.3 Å². The van der Waals surface area contributed by atoms with Crippen molar-refractivity contribution < 1.29 is 14.3 Å². The maximum Gasteiger partial charge on any atom is 0.226 e. The number of aryl methyl sites for hydroxylation is 1. The summed E-state index contributed by atoms with van der Waals surface area (Å²) in [4.78, 5) is 17.9. The lowest BCUT2D eigenvalue weighted by atomic mass is 9.75. The number of carbonyl (C=O) groups is 1. The number of ketones is 1. The number of aromatic nitrogens is 3. The highest BCUT2D eigenvalue weighted by Gasteiger charge is 2.43. The zero-order valence-corrected chi connectivity index (χ0v) is 17.7. The van der Waals surface area contributed by atoms with Crippen molar-refractivity contribution in [3.05, 3.63) is 77.3 Å². The number of Topliss-reactive ketones (excluding diaryl/α,β-unsaturated/α-hetero) is 1. The van der Waals surface area contributed by atoms with Crippen LogP contribution in [-0.2, 0) is 4.79 Å². The average molecular weight is 416 g/mol. The number of anilines is 1. The first-order valence-corrected chi connectivity index (χ1v) is 10.3. The molecule has 3 atom stereocenters. The predicted octanol–water partition coefficient (Wildman–Crippen LogP) is 3.88. The van der Waals surface area contributed by atoms with Crippen molar-refractivity contribution in [1.29, 1.82) is 0 Å². The molecule has 158 valence electrons. The third-order valence-electron chi connectivity index (χ3n) is 6.23. The van der Waals surface area contributed by atoms with E-state index in [0.29, 0.717) is 23.9 Å². The number of carbonyl (C=O) groups excluding carboxylic acids is 1. The fraction of sp³-hybridized carbons (Fsp3) is 0.292. The molecule has 0 unspecified atom stereocenters. The molecule has 1 aliphatic carbocycles. The number of nitrogens with one attached hydrogen (secondary N) is 1. The van der Waals surface area contributed by atoms with Crippen LogP contribution in [0.3, 0.4) is 0 Å². The molecule has 0 fully saturated rings. The number of allylic oxidation sites excluding steroid dienone is 2. The topological polar surface area (TPSA) is 78.3 Å². The molecular formula is C24H24N4O3. The van der Waals surface area contributed by atoms with E-state index in [-0.39, 0.29) is 23.7 Å². The number of rotatable bonds is 4. The molecule has 0 amide bonds. The van der Waals surface area contributed by atoms with E-state index in [1.54, 1.807) is 18.9 Å². The number of nitrogens with zero attached hydrogens (tertiary/aromatic N) is 3. The van der Waals surface area contributed by atoms with Crippen LogP contribution in [0.1, 0.15) is 35.1 Å². The summed E-state index contributed by atoms with van der Waals surface area (Å²) < 4.78 is 12.7. The molecule has 2 heterocycles. The third kappa shape index (κ3) is 3.17. The highest BCUT2D eigenvalue weighted by atomic mass is 16.5. The number of methoxy groups -OCH3 is 2. The fourth-order valence-corrected chi connectivity index (χ4v) is 4.75. The largest absolute Gasteiger partial charge is 0.493 e. The van der Waals surface area contributed by atoms with Crippen LogP contribution in [-0.4, -0.2) is 34.8 Å². The Kier molecular flexibility index (Phi) is 4.73. The van der Waals surface area contributed by atoms with Crippen LogP contribution in [0.2, 0.25) is 0 Å². The summed E-state index contributed by atoms with van der Waals surface area (Å²) in [7, 11) is 3.21. The third-order valence-corrected chi connectivity index (χ3v) is 6.23. The maximum atomic E-state index is 13.5. The van der Waals surface area contributed by atoms with Gasteiger partial charge in [0.1, 0.15) is 12.1 Å². The van der Waals surface area contributed by atoms with Gasteiger partial charge in [-0.3, -0.25) is 4.79 Å². The quantitative estimate of drug-likeness (QED) is 0.696. The van der Waals surface area contributed by atoms with Crippen molar-refractivity contribution in [2.75, 3.05) is 19.5 Å². The smallest absolute Gasteiger partial charge is 0.226 e. The molecule has 2 aromatic carbocycles. The summed E-state index contributed by atoms with van der Waals surface area (Å²) in [6, 6.07) is 13.7. The van der Waals surface area contributed by atoms with Crippen LogP contribution in [0.25, 0.3) is 0 Å². The molecule has 1 N–H and O–H groups in total. The second-order valence-electron chi connectivity index (χ2n) is 7.95. The molecule has 5 rings (SSSR count). The van der Waals surface area contributed by atoms with Gasteiger partial charge in [0.2, 0.25) is 5.95 Å². The van der Waals surface area contributed by atoms with E-state index in [1.165, 1.54) is 17.5 Å². The van der Waals surface area contributed by atoms with Crippen molar-refractivity contribution in [1.82, 2.24) is 14.8 Å². The lowest BCUT2D eigenvalue weighted by molar-refractivity contribution is -0.123. The van der Waals surface area contributed by atoms with E-state index in [9.17, 15) is 4.79 Å². The minimum absolute atomic E-state index is 0.0352. The number of hydrogen-bond acceptors (Lipinski definition) is 6. The van der Waals surface area contributed by atoms with Crippen LogP contribution in [0, 0.1) is 12.8 Å². The minimum Gasteiger partial charge on any atom is -0.493 e. The van der Waals surface area contributed by atoms with Gasteiger partial charge in [-0.05, 0) is 35.7 Å². The van der Waals surface area contributed by atoms with Gasteiger partial charge in [-0.1, -0.05) is 36.4 Å². The van der Waals surface area contributed by atoms with Gasteiger partial charge < -0.3 is 14.8 Å². The zero-order valence-electron chi connectivity index (χ0n) is 17.7. The van der Waals surface area contributed by atoms with Gasteiger partial charge in [0.25, 0.3) is 0 Å². The molecular weight excluding hydrogens is 392 g/mol. The van der Waals surface area contributed by atoms with Gasteiger partial charge in [0.15, 0.2) is 11.5 Å². The summed E-state index contributed by atoms with van der Waals surface area (Å²) in [5, 5.41) is 7.77. The summed E-state index contributed by atoms with van der Waals surface area (Å²) in [6.45, 7) is 2.09. The Bertz CT molecular complexity index is 1180. The van der Waals surface area contributed by atoms with Crippen LogP contribution in [0.5, 0.6) is 11.5 Å². The molecule has 0 bridgehead atoms. The molecule has 0 spiro atoms. The van der Waals surface area contributed by atoms with Gasteiger partial charge >= 0.3 is 0 Å². The van der Waals surface area contributed by atoms with Crippen LogP contribution in [0.4, 0.5) is 5.95 Å². The van der Waals surface area contributed by atoms with E-state index in [4.69, 9.17) is 9.47 Å². The van der Waals surface area contributed by atoms with E-state index in [2.05, 4.69) is 40.5 Å². The first kappa shape index (κ1) is 19.4. The molecule has 1 aliphatic heterocycles. The van der Waals surface area contributed by atoms with Gasteiger partial charge in [0, 0.05) is 18.0 Å². The summed E-state index contributed by atoms with van der Waals surface area (Å²) >= 11 is 0. The number of ether oxygens (including phenoxy) is 2. The fourth-order valence-electron chi connectivity index (χ4n) is 4.75. The average Bonchev–Trinajstić information content (AvgIpc) is 3.25. The molecule has 7 heteroatoms. The second-order valence-corrected chi connectivity index (χ2v) is 7.95.